The second kappa shape index (κ2) is 5.57. The molecule has 0 heterocycles. The minimum atomic E-state index is 0.296. The van der Waals surface area contributed by atoms with Crippen molar-refractivity contribution in [2.24, 2.45) is 0 Å². The number of rotatable bonds is 4. The molecule has 2 aromatic rings. The summed E-state index contributed by atoms with van der Waals surface area (Å²) in [5.41, 5.74) is 12.2. The van der Waals surface area contributed by atoms with E-state index in [0.717, 1.165) is 27.9 Å². The first-order valence-corrected chi connectivity index (χ1v) is 6.13. The largest absolute Gasteiger partial charge is 0.463 e. The summed E-state index contributed by atoms with van der Waals surface area (Å²) in [7, 11) is 0. The van der Waals surface area contributed by atoms with E-state index in [9.17, 15) is 4.79 Å². The predicted octanol–water partition coefficient (Wildman–Crippen LogP) is 3.23. The molecule has 0 saturated carbocycles. The fourth-order valence-corrected chi connectivity index (χ4v) is 2.40. The van der Waals surface area contributed by atoms with E-state index in [2.05, 4.69) is 6.07 Å². The lowest BCUT2D eigenvalue weighted by molar-refractivity contribution is -0.129. The maximum atomic E-state index is 10.2. The molecular weight excluding hydrogens is 238 g/mol. The van der Waals surface area contributed by atoms with Gasteiger partial charge >= 0.3 is 0 Å². The van der Waals surface area contributed by atoms with Crippen molar-refractivity contribution in [1.29, 1.82) is 0 Å². The highest BCUT2D eigenvalue weighted by atomic mass is 16.5. The summed E-state index contributed by atoms with van der Waals surface area (Å²) in [6, 6.07) is 11.9. The Hall–Kier alpha value is -2.29. The molecule has 0 radical (unpaired) electrons. The van der Waals surface area contributed by atoms with Gasteiger partial charge in [0.1, 0.15) is 6.61 Å². The van der Waals surface area contributed by atoms with Gasteiger partial charge in [-0.2, -0.15) is 0 Å². The number of benzene rings is 2. The molecule has 0 fully saturated rings. The molecule has 2 N–H and O–H groups in total. The van der Waals surface area contributed by atoms with Gasteiger partial charge in [0.05, 0.1) is 0 Å². The third-order valence-corrected chi connectivity index (χ3v) is 3.09. The van der Waals surface area contributed by atoms with E-state index in [-0.39, 0.29) is 0 Å². The van der Waals surface area contributed by atoms with Gasteiger partial charge < -0.3 is 10.5 Å². The van der Waals surface area contributed by atoms with Crippen molar-refractivity contribution in [3.63, 3.8) is 0 Å². The van der Waals surface area contributed by atoms with Crippen molar-refractivity contribution in [2.45, 2.75) is 20.5 Å². The van der Waals surface area contributed by atoms with E-state index in [1.54, 1.807) is 0 Å². The van der Waals surface area contributed by atoms with Gasteiger partial charge in [-0.15, -0.1) is 0 Å². The zero-order valence-electron chi connectivity index (χ0n) is 11.1. The van der Waals surface area contributed by atoms with E-state index in [1.165, 1.54) is 5.56 Å². The molecule has 19 heavy (non-hydrogen) atoms. The van der Waals surface area contributed by atoms with E-state index < -0.39 is 0 Å². The normalized spacial score (nSPS) is 10.2. The van der Waals surface area contributed by atoms with Gasteiger partial charge in [0, 0.05) is 5.69 Å². The van der Waals surface area contributed by atoms with Crippen molar-refractivity contribution in [3.05, 3.63) is 53.1 Å². The summed E-state index contributed by atoms with van der Waals surface area (Å²) in [5, 5.41) is 0. The van der Waals surface area contributed by atoms with Gasteiger partial charge in [-0.3, -0.25) is 4.79 Å². The van der Waals surface area contributed by atoms with Crippen molar-refractivity contribution in [1.82, 2.24) is 0 Å². The van der Waals surface area contributed by atoms with Crippen LogP contribution in [0, 0.1) is 13.8 Å². The maximum absolute atomic E-state index is 10.2. The van der Waals surface area contributed by atoms with Crippen LogP contribution in [0.1, 0.15) is 16.7 Å². The van der Waals surface area contributed by atoms with Crippen molar-refractivity contribution in [2.75, 3.05) is 5.73 Å². The number of nitrogens with two attached hydrogens (primary N) is 1. The Balaban J connectivity index is 2.44. The van der Waals surface area contributed by atoms with Gasteiger partial charge in [0.2, 0.25) is 0 Å². The van der Waals surface area contributed by atoms with Crippen LogP contribution >= 0.6 is 0 Å². The van der Waals surface area contributed by atoms with Crippen molar-refractivity contribution in [3.8, 4) is 11.1 Å². The van der Waals surface area contributed by atoms with Crippen molar-refractivity contribution < 1.29 is 9.53 Å². The number of hydrogen-bond acceptors (Lipinski definition) is 3. The summed E-state index contributed by atoms with van der Waals surface area (Å²) in [5.74, 6) is 0. The highest BCUT2D eigenvalue weighted by Gasteiger charge is 2.07. The zero-order valence-corrected chi connectivity index (χ0v) is 11.1. The summed E-state index contributed by atoms with van der Waals surface area (Å²) in [4.78, 5) is 10.2. The molecule has 2 rings (SSSR count). The van der Waals surface area contributed by atoms with Gasteiger partial charge in [-0.1, -0.05) is 18.2 Å². The lowest BCUT2D eigenvalue weighted by Gasteiger charge is -2.12. The van der Waals surface area contributed by atoms with Crippen LogP contribution in [-0.4, -0.2) is 6.47 Å². The molecule has 0 aromatic heterocycles. The lowest BCUT2D eigenvalue weighted by atomic mass is 9.94. The van der Waals surface area contributed by atoms with Gasteiger partial charge in [-0.05, 0) is 59.9 Å². The molecule has 0 unspecified atom stereocenters. The topological polar surface area (TPSA) is 52.3 Å². The molecule has 0 spiro atoms. The molecule has 0 atom stereocenters. The minimum absolute atomic E-state index is 0.296. The first-order chi connectivity index (χ1) is 9.11. The SMILES string of the molecule is Cc1cc(N)cc(C)c1-c1cccc(COC=O)c1. The van der Waals surface area contributed by atoms with E-state index in [0.29, 0.717) is 13.1 Å². The fraction of sp³-hybridized carbons (Fsp3) is 0.188. The second-order valence-corrected chi connectivity index (χ2v) is 4.64. The Morgan fingerprint density at radius 1 is 1.16 bits per heavy atom. The summed E-state index contributed by atoms with van der Waals surface area (Å²) in [6.45, 7) is 4.86. The first-order valence-electron chi connectivity index (χ1n) is 6.13. The molecule has 0 aliphatic rings. The number of aryl methyl sites for hydroxylation is 2. The molecule has 0 bridgehead atoms. The van der Waals surface area contributed by atoms with Crippen LogP contribution in [0.3, 0.4) is 0 Å². The number of hydrogen-bond donors (Lipinski definition) is 1. The van der Waals surface area contributed by atoms with Crippen LogP contribution in [0.25, 0.3) is 11.1 Å². The van der Waals surface area contributed by atoms with E-state index in [4.69, 9.17) is 10.5 Å². The van der Waals surface area contributed by atoms with E-state index in [1.807, 2.05) is 44.2 Å². The monoisotopic (exact) mass is 255 g/mol. The standard InChI is InChI=1S/C16H17NO2/c1-11-6-15(17)7-12(2)16(11)14-5-3-4-13(8-14)9-19-10-18/h3-8,10H,9,17H2,1-2H3. The average molecular weight is 255 g/mol. The molecule has 2 aromatic carbocycles. The lowest BCUT2D eigenvalue weighted by Crippen LogP contribution is -1.95. The van der Waals surface area contributed by atoms with Crippen molar-refractivity contribution >= 4 is 12.2 Å². The van der Waals surface area contributed by atoms with Crippen LogP contribution in [0.5, 0.6) is 0 Å². The number of ether oxygens (including phenoxy) is 1. The van der Waals surface area contributed by atoms with Crippen LogP contribution in [-0.2, 0) is 16.1 Å². The molecule has 3 nitrogen and oxygen atoms in total. The van der Waals surface area contributed by atoms with E-state index >= 15 is 0 Å². The van der Waals surface area contributed by atoms with Crippen LogP contribution in [0.4, 0.5) is 5.69 Å². The van der Waals surface area contributed by atoms with Gasteiger partial charge in [-0.25, -0.2) is 0 Å². The number of carbonyl (C=O) groups is 1. The van der Waals surface area contributed by atoms with Crippen LogP contribution in [0.2, 0.25) is 0 Å². The summed E-state index contributed by atoms with van der Waals surface area (Å²) < 4.78 is 4.79. The third kappa shape index (κ3) is 2.94. The summed E-state index contributed by atoms with van der Waals surface area (Å²) in [6.07, 6.45) is 0. The number of carbonyl (C=O) groups excluding carboxylic acids is 1. The highest BCUT2D eigenvalue weighted by molar-refractivity contribution is 5.73. The molecule has 0 aliphatic carbocycles. The molecule has 98 valence electrons. The fourth-order valence-electron chi connectivity index (χ4n) is 2.40. The zero-order chi connectivity index (χ0) is 13.8. The second-order valence-electron chi connectivity index (χ2n) is 4.64. The van der Waals surface area contributed by atoms with Gasteiger partial charge in [0.15, 0.2) is 0 Å². The highest BCUT2D eigenvalue weighted by Crippen LogP contribution is 2.29. The summed E-state index contributed by atoms with van der Waals surface area (Å²) >= 11 is 0. The molecule has 0 amide bonds. The predicted molar refractivity (Wildman–Crippen MR) is 76.6 cm³/mol. The minimum Gasteiger partial charge on any atom is -0.463 e. The quantitative estimate of drug-likeness (QED) is 0.674. The molecule has 3 heteroatoms. The molecule has 0 saturated heterocycles. The maximum Gasteiger partial charge on any atom is 0.293 e. The third-order valence-electron chi connectivity index (χ3n) is 3.09. The Kier molecular flexibility index (Phi) is 3.85. The Bertz CT molecular complexity index is 582. The average Bonchev–Trinajstić information content (AvgIpc) is 2.35. The molecule has 0 aliphatic heterocycles. The number of nitrogen functional groups attached to an aromatic ring is 1. The van der Waals surface area contributed by atoms with Crippen LogP contribution in [0.15, 0.2) is 36.4 Å². The smallest absolute Gasteiger partial charge is 0.293 e. The first kappa shape index (κ1) is 13.1. The number of anilines is 1. The van der Waals surface area contributed by atoms with Crippen LogP contribution < -0.4 is 5.73 Å². The Morgan fingerprint density at radius 2 is 1.84 bits per heavy atom. The Labute approximate surface area is 113 Å². The Morgan fingerprint density at radius 3 is 2.47 bits per heavy atom. The van der Waals surface area contributed by atoms with Gasteiger partial charge in [0.25, 0.3) is 6.47 Å². The molecular formula is C16H17NO2.